The van der Waals surface area contributed by atoms with E-state index < -0.39 is 6.10 Å². The third kappa shape index (κ3) is 3.34. The number of hydrogen-bond acceptors (Lipinski definition) is 4. The highest BCUT2D eigenvalue weighted by molar-refractivity contribution is 5.62. The summed E-state index contributed by atoms with van der Waals surface area (Å²) >= 11 is 0. The summed E-state index contributed by atoms with van der Waals surface area (Å²) in [5.74, 6) is 0. The van der Waals surface area contributed by atoms with Gasteiger partial charge in [-0.2, -0.15) is 5.26 Å². The molecule has 0 aliphatic heterocycles. The number of benzene rings is 1. The average Bonchev–Trinajstić information content (AvgIpc) is 2.49. The smallest absolute Gasteiger partial charge is 0.0931 e. The first-order chi connectivity index (χ1) is 9.72. The maximum absolute atomic E-state index is 9.49. The van der Waals surface area contributed by atoms with Crippen LogP contribution in [0.3, 0.4) is 0 Å². The van der Waals surface area contributed by atoms with Gasteiger partial charge in [0.15, 0.2) is 0 Å². The second kappa shape index (κ2) is 6.69. The molecule has 1 aromatic carbocycles. The quantitative estimate of drug-likeness (QED) is 0.903. The van der Waals surface area contributed by atoms with E-state index in [2.05, 4.69) is 11.1 Å². The zero-order chi connectivity index (χ0) is 14.4. The van der Waals surface area contributed by atoms with E-state index in [1.54, 1.807) is 13.1 Å². The van der Waals surface area contributed by atoms with Crippen molar-refractivity contribution >= 4 is 11.4 Å². The highest BCUT2D eigenvalue weighted by atomic mass is 16.3. The number of para-hydroxylation sites is 1. The molecular weight excluding hydrogens is 250 g/mol. The van der Waals surface area contributed by atoms with Crippen molar-refractivity contribution in [2.75, 3.05) is 11.4 Å². The van der Waals surface area contributed by atoms with Gasteiger partial charge in [0, 0.05) is 12.2 Å². The number of nitrogens with zero attached hydrogens (tertiary/aromatic N) is 3. The first kappa shape index (κ1) is 14.0. The molecule has 4 heteroatoms. The van der Waals surface area contributed by atoms with Crippen LogP contribution < -0.4 is 4.90 Å². The second-order valence-corrected chi connectivity index (χ2v) is 4.51. The first-order valence-electron chi connectivity index (χ1n) is 6.56. The standard InChI is InChI=1S/C16H17N3O/c1-13(20)16-9-8-15(12-18-16)19(11-5-10-17)14-6-3-2-4-7-14/h2-4,6-9,12-13,20H,5,11H2,1H3. The van der Waals surface area contributed by atoms with Crippen LogP contribution in [0.5, 0.6) is 0 Å². The number of pyridine rings is 1. The van der Waals surface area contributed by atoms with Crippen LogP contribution in [0.4, 0.5) is 11.4 Å². The molecule has 2 rings (SSSR count). The number of aliphatic hydroxyl groups is 1. The molecule has 1 atom stereocenters. The Kier molecular flexibility index (Phi) is 4.70. The second-order valence-electron chi connectivity index (χ2n) is 4.51. The minimum absolute atomic E-state index is 0.438. The van der Waals surface area contributed by atoms with E-state index in [1.165, 1.54) is 0 Å². The number of rotatable bonds is 5. The molecule has 4 nitrogen and oxygen atoms in total. The molecule has 2 aromatic rings. The van der Waals surface area contributed by atoms with Crippen LogP contribution in [0.1, 0.15) is 25.1 Å². The van der Waals surface area contributed by atoms with E-state index in [4.69, 9.17) is 5.26 Å². The molecule has 1 unspecified atom stereocenters. The Morgan fingerprint density at radius 1 is 1.20 bits per heavy atom. The van der Waals surface area contributed by atoms with Gasteiger partial charge in [-0.25, -0.2) is 0 Å². The van der Waals surface area contributed by atoms with Crippen molar-refractivity contribution in [2.45, 2.75) is 19.4 Å². The van der Waals surface area contributed by atoms with E-state index in [0.717, 1.165) is 11.4 Å². The number of nitriles is 1. The van der Waals surface area contributed by atoms with Crippen molar-refractivity contribution in [1.29, 1.82) is 5.26 Å². The summed E-state index contributed by atoms with van der Waals surface area (Å²) in [6.45, 7) is 2.29. The molecule has 0 amide bonds. The Labute approximate surface area is 118 Å². The zero-order valence-corrected chi connectivity index (χ0v) is 11.4. The van der Waals surface area contributed by atoms with Crippen molar-refractivity contribution in [2.24, 2.45) is 0 Å². The van der Waals surface area contributed by atoms with E-state index in [0.29, 0.717) is 18.7 Å². The van der Waals surface area contributed by atoms with Crippen LogP contribution in [0, 0.1) is 11.3 Å². The van der Waals surface area contributed by atoms with Gasteiger partial charge in [-0.3, -0.25) is 4.98 Å². The van der Waals surface area contributed by atoms with Crippen molar-refractivity contribution in [3.8, 4) is 6.07 Å². The molecule has 102 valence electrons. The Bertz CT molecular complexity index is 573. The Balaban J connectivity index is 2.29. The molecule has 0 fully saturated rings. The predicted molar refractivity (Wildman–Crippen MR) is 78.5 cm³/mol. The third-order valence-electron chi connectivity index (χ3n) is 3.03. The lowest BCUT2D eigenvalue weighted by Gasteiger charge is -2.24. The van der Waals surface area contributed by atoms with Crippen LogP contribution in [0.2, 0.25) is 0 Å². The van der Waals surface area contributed by atoms with Crippen LogP contribution in [0.15, 0.2) is 48.7 Å². The lowest BCUT2D eigenvalue weighted by Crippen LogP contribution is -2.18. The van der Waals surface area contributed by atoms with Gasteiger partial charge in [0.05, 0.1) is 36.2 Å². The molecule has 1 aromatic heterocycles. The maximum atomic E-state index is 9.49. The monoisotopic (exact) mass is 267 g/mol. The Morgan fingerprint density at radius 2 is 1.95 bits per heavy atom. The van der Waals surface area contributed by atoms with Crippen LogP contribution in [-0.4, -0.2) is 16.6 Å². The van der Waals surface area contributed by atoms with Crippen molar-refractivity contribution in [3.63, 3.8) is 0 Å². The summed E-state index contributed by atoms with van der Waals surface area (Å²) in [5.41, 5.74) is 2.58. The molecule has 0 spiro atoms. The van der Waals surface area contributed by atoms with Gasteiger partial charge in [0.1, 0.15) is 0 Å². The van der Waals surface area contributed by atoms with Gasteiger partial charge in [-0.05, 0) is 31.2 Å². The number of anilines is 2. The molecule has 0 aliphatic carbocycles. The van der Waals surface area contributed by atoms with Gasteiger partial charge in [-0.1, -0.05) is 18.2 Å². The Hall–Kier alpha value is -2.38. The minimum Gasteiger partial charge on any atom is -0.387 e. The van der Waals surface area contributed by atoms with Gasteiger partial charge in [-0.15, -0.1) is 0 Å². The van der Waals surface area contributed by atoms with Crippen LogP contribution >= 0.6 is 0 Å². The van der Waals surface area contributed by atoms with E-state index in [1.807, 2.05) is 47.4 Å². The van der Waals surface area contributed by atoms with Crippen molar-refractivity contribution < 1.29 is 5.11 Å². The molecular formula is C16H17N3O. The summed E-state index contributed by atoms with van der Waals surface area (Å²) in [4.78, 5) is 6.30. The van der Waals surface area contributed by atoms with E-state index in [-0.39, 0.29) is 0 Å². The van der Waals surface area contributed by atoms with Gasteiger partial charge in [0.2, 0.25) is 0 Å². The Morgan fingerprint density at radius 3 is 2.50 bits per heavy atom. The SMILES string of the molecule is CC(O)c1ccc(N(CCC#N)c2ccccc2)cn1. The number of hydrogen-bond donors (Lipinski definition) is 1. The molecule has 0 saturated carbocycles. The molecule has 0 aliphatic rings. The number of aliphatic hydroxyl groups excluding tert-OH is 1. The fraction of sp³-hybridized carbons (Fsp3) is 0.250. The van der Waals surface area contributed by atoms with E-state index >= 15 is 0 Å². The highest BCUT2D eigenvalue weighted by Crippen LogP contribution is 2.25. The number of aromatic nitrogens is 1. The molecule has 1 heterocycles. The largest absolute Gasteiger partial charge is 0.387 e. The average molecular weight is 267 g/mol. The third-order valence-corrected chi connectivity index (χ3v) is 3.03. The summed E-state index contributed by atoms with van der Waals surface area (Å²) in [6, 6.07) is 15.8. The maximum Gasteiger partial charge on any atom is 0.0931 e. The molecule has 0 saturated heterocycles. The fourth-order valence-corrected chi connectivity index (χ4v) is 1.98. The minimum atomic E-state index is -0.576. The highest BCUT2D eigenvalue weighted by Gasteiger charge is 2.10. The van der Waals surface area contributed by atoms with Gasteiger partial charge < -0.3 is 10.0 Å². The predicted octanol–water partition coefficient (Wildman–Crippen LogP) is 3.19. The van der Waals surface area contributed by atoms with Crippen LogP contribution in [-0.2, 0) is 0 Å². The lowest BCUT2D eigenvalue weighted by atomic mass is 10.2. The topological polar surface area (TPSA) is 60.1 Å². The van der Waals surface area contributed by atoms with Crippen molar-refractivity contribution in [3.05, 3.63) is 54.4 Å². The zero-order valence-electron chi connectivity index (χ0n) is 11.4. The summed E-state index contributed by atoms with van der Waals surface area (Å²) in [7, 11) is 0. The lowest BCUT2D eigenvalue weighted by molar-refractivity contribution is 0.194. The molecule has 0 radical (unpaired) electrons. The summed E-state index contributed by atoms with van der Waals surface area (Å²) in [5, 5.41) is 18.3. The van der Waals surface area contributed by atoms with Crippen LogP contribution in [0.25, 0.3) is 0 Å². The van der Waals surface area contributed by atoms with Crippen molar-refractivity contribution in [1.82, 2.24) is 4.98 Å². The summed E-state index contributed by atoms with van der Waals surface area (Å²) in [6.07, 6.45) is 1.59. The first-order valence-corrected chi connectivity index (χ1v) is 6.56. The fourth-order valence-electron chi connectivity index (χ4n) is 1.98. The molecule has 1 N–H and O–H groups in total. The normalized spacial score (nSPS) is 11.7. The van der Waals surface area contributed by atoms with Gasteiger partial charge in [0.25, 0.3) is 0 Å². The summed E-state index contributed by atoms with van der Waals surface area (Å²) < 4.78 is 0. The molecule has 20 heavy (non-hydrogen) atoms. The molecule has 0 bridgehead atoms. The van der Waals surface area contributed by atoms with Gasteiger partial charge >= 0.3 is 0 Å². The van der Waals surface area contributed by atoms with E-state index in [9.17, 15) is 5.11 Å².